The summed E-state index contributed by atoms with van der Waals surface area (Å²) in [5.41, 5.74) is -0.444. The van der Waals surface area contributed by atoms with Crippen LogP contribution >= 0.6 is 0 Å². The number of carbonyl (C=O) groups excluding carboxylic acids is 1. The molecule has 1 aliphatic carbocycles. The fourth-order valence-corrected chi connectivity index (χ4v) is 2.75. The molecule has 2 fully saturated rings. The Morgan fingerprint density at radius 2 is 2.10 bits per heavy atom. The number of hydrogen-bond acceptors (Lipinski definition) is 6. The molecule has 0 amide bonds. The lowest BCUT2D eigenvalue weighted by molar-refractivity contribution is -0.160. The molecule has 0 radical (unpaired) electrons. The first-order valence-corrected chi connectivity index (χ1v) is 7.68. The van der Waals surface area contributed by atoms with Gasteiger partial charge in [0.05, 0.1) is 12.6 Å². The molecule has 1 aromatic heterocycles. The molecule has 1 aliphatic heterocycles. The normalized spacial score (nSPS) is 23.5. The van der Waals surface area contributed by atoms with E-state index in [1.165, 1.54) is 0 Å². The number of esters is 1. The monoisotopic (exact) mass is 293 g/mol. The van der Waals surface area contributed by atoms with Crippen LogP contribution in [-0.2, 0) is 16.1 Å². The number of tetrazole rings is 1. The summed E-state index contributed by atoms with van der Waals surface area (Å²) in [6.45, 7) is 7.21. The molecular formula is C14H23N5O2. The molecular weight excluding hydrogens is 270 g/mol. The summed E-state index contributed by atoms with van der Waals surface area (Å²) < 4.78 is 7.43. The Morgan fingerprint density at radius 1 is 1.33 bits per heavy atom. The van der Waals surface area contributed by atoms with E-state index < -0.39 is 5.60 Å². The van der Waals surface area contributed by atoms with E-state index >= 15 is 0 Å². The topological polar surface area (TPSA) is 73.1 Å². The molecule has 1 saturated carbocycles. The Bertz CT molecular complexity index is 518. The van der Waals surface area contributed by atoms with Gasteiger partial charge in [0, 0.05) is 0 Å². The lowest BCUT2D eigenvalue weighted by atomic mass is 10.1. The number of likely N-dealkylation sites (tertiary alicyclic amines) is 1. The van der Waals surface area contributed by atoms with Crippen molar-refractivity contribution < 1.29 is 9.53 Å². The number of rotatable bonds is 4. The molecule has 2 aliphatic rings. The predicted octanol–water partition coefficient (Wildman–Crippen LogP) is 1.31. The van der Waals surface area contributed by atoms with E-state index in [1.54, 1.807) is 0 Å². The van der Waals surface area contributed by atoms with E-state index in [4.69, 9.17) is 4.74 Å². The van der Waals surface area contributed by atoms with Gasteiger partial charge in [-0.25, -0.2) is 4.68 Å². The maximum absolute atomic E-state index is 12.3. The first-order valence-electron chi connectivity index (χ1n) is 7.68. The molecule has 2 heterocycles. The highest BCUT2D eigenvalue weighted by molar-refractivity contribution is 5.76. The smallest absolute Gasteiger partial charge is 0.323 e. The maximum atomic E-state index is 12.3. The average molecular weight is 293 g/mol. The summed E-state index contributed by atoms with van der Waals surface area (Å²) in [4.78, 5) is 14.4. The predicted molar refractivity (Wildman–Crippen MR) is 75.4 cm³/mol. The van der Waals surface area contributed by atoms with Crippen LogP contribution in [0.5, 0.6) is 0 Å². The fourth-order valence-electron chi connectivity index (χ4n) is 2.75. The van der Waals surface area contributed by atoms with Crippen molar-refractivity contribution >= 4 is 5.97 Å². The van der Waals surface area contributed by atoms with E-state index in [2.05, 4.69) is 20.4 Å². The quantitative estimate of drug-likeness (QED) is 0.779. The van der Waals surface area contributed by atoms with Crippen LogP contribution in [0.2, 0.25) is 0 Å². The average Bonchev–Trinajstić information content (AvgIpc) is 2.94. The highest BCUT2D eigenvalue weighted by Crippen LogP contribution is 2.35. The van der Waals surface area contributed by atoms with Gasteiger partial charge < -0.3 is 4.74 Å². The Hall–Kier alpha value is -1.50. The minimum atomic E-state index is -0.444. The van der Waals surface area contributed by atoms with Crippen molar-refractivity contribution in [1.82, 2.24) is 25.1 Å². The van der Waals surface area contributed by atoms with Gasteiger partial charge in [-0.2, -0.15) is 0 Å². The molecule has 7 heteroatoms. The van der Waals surface area contributed by atoms with Crippen LogP contribution in [0.3, 0.4) is 0 Å². The summed E-state index contributed by atoms with van der Waals surface area (Å²) in [5.74, 6) is 0.721. The highest BCUT2D eigenvalue weighted by Gasteiger charge is 2.36. The van der Waals surface area contributed by atoms with Gasteiger partial charge in [0.15, 0.2) is 5.82 Å². The fraction of sp³-hybridized carbons (Fsp3) is 0.857. The van der Waals surface area contributed by atoms with E-state index in [-0.39, 0.29) is 12.0 Å². The largest absolute Gasteiger partial charge is 0.459 e. The molecule has 1 atom stereocenters. The van der Waals surface area contributed by atoms with E-state index in [1.807, 2.05) is 25.5 Å². The molecule has 21 heavy (non-hydrogen) atoms. The summed E-state index contributed by atoms with van der Waals surface area (Å²) >= 11 is 0. The summed E-state index contributed by atoms with van der Waals surface area (Å²) in [7, 11) is 0. The lowest BCUT2D eigenvalue weighted by Gasteiger charge is -2.26. The summed E-state index contributed by atoms with van der Waals surface area (Å²) in [5, 5.41) is 12.0. The number of aromatic nitrogens is 4. The second kappa shape index (κ2) is 5.36. The SMILES string of the molecule is CC(C)(C)OC(=O)[C@@H]1CCCN1Cc1nnnn1C1CC1. The molecule has 0 N–H and O–H groups in total. The molecule has 1 aromatic rings. The van der Waals surface area contributed by atoms with Crippen molar-refractivity contribution in [2.75, 3.05) is 6.54 Å². The van der Waals surface area contributed by atoms with Gasteiger partial charge in [-0.1, -0.05) is 0 Å². The van der Waals surface area contributed by atoms with Gasteiger partial charge in [-0.3, -0.25) is 9.69 Å². The van der Waals surface area contributed by atoms with Crippen LogP contribution < -0.4 is 0 Å². The molecule has 7 nitrogen and oxygen atoms in total. The first kappa shape index (κ1) is 14.4. The van der Waals surface area contributed by atoms with Crippen molar-refractivity contribution in [1.29, 1.82) is 0 Å². The summed E-state index contributed by atoms with van der Waals surface area (Å²) in [6.07, 6.45) is 4.15. The van der Waals surface area contributed by atoms with E-state index in [0.717, 1.165) is 38.1 Å². The number of ether oxygens (including phenoxy) is 1. The third-order valence-corrected chi connectivity index (χ3v) is 3.84. The van der Waals surface area contributed by atoms with Crippen LogP contribution in [-0.4, -0.2) is 49.3 Å². The molecule has 3 rings (SSSR count). The minimum absolute atomic E-state index is 0.134. The highest BCUT2D eigenvalue weighted by atomic mass is 16.6. The van der Waals surface area contributed by atoms with E-state index in [0.29, 0.717) is 12.6 Å². The zero-order valence-electron chi connectivity index (χ0n) is 12.9. The zero-order valence-corrected chi connectivity index (χ0v) is 12.9. The van der Waals surface area contributed by atoms with Crippen LogP contribution in [0.15, 0.2) is 0 Å². The first-order chi connectivity index (χ1) is 9.94. The van der Waals surface area contributed by atoms with Crippen molar-refractivity contribution in [3.63, 3.8) is 0 Å². The lowest BCUT2D eigenvalue weighted by Crippen LogP contribution is -2.40. The van der Waals surface area contributed by atoms with Crippen LogP contribution in [0.1, 0.15) is 58.3 Å². The molecule has 1 saturated heterocycles. The third-order valence-electron chi connectivity index (χ3n) is 3.84. The van der Waals surface area contributed by atoms with Crippen molar-refractivity contribution in [3.05, 3.63) is 5.82 Å². The van der Waals surface area contributed by atoms with Gasteiger partial charge in [-0.15, -0.1) is 5.10 Å². The van der Waals surface area contributed by atoms with E-state index in [9.17, 15) is 4.79 Å². The standard InChI is InChI=1S/C14H23N5O2/c1-14(2,3)21-13(20)11-5-4-8-18(11)9-12-15-16-17-19(12)10-6-7-10/h10-11H,4-9H2,1-3H3/t11-/m0/s1. The minimum Gasteiger partial charge on any atom is -0.459 e. The molecule has 0 spiro atoms. The van der Waals surface area contributed by atoms with Gasteiger partial charge in [-0.05, 0) is 63.4 Å². The maximum Gasteiger partial charge on any atom is 0.323 e. The second-order valence-electron chi connectivity index (χ2n) is 6.93. The Labute approximate surface area is 124 Å². The van der Waals surface area contributed by atoms with Crippen LogP contribution in [0.4, 0.5) is 0 Å². The number of hydrogen-bond donors (Lipinski definition) is 0. The Balaban J connectivity index is 1.66. The summed E-state index contributed by atoms with van der Waals surface area (Å²) in [6, 6.07) is 0.283. The third kappa shape index (κ3) is 3.40. The number of nitrogens with zero attached hydrogens (tertiary/aromatic N) is 5. The van der Waals surface area contributed by atoms with Gasteiger partial charge in [0.25, 0.3) is 0 Å². The zero-order chi connectivity index (χ0) is 15.0. The van der Waals surface area contributed by atoms with Crippen molar-refractivity contribution in [3.8, 4) is 0 Å². The Morgan fingerprint density at radius 3 is 2.76 bits per heavy atom. The Kier molecular flexibility index (Phi) is 3.69. The van der Waals surface area contributed by atoms with Gasteiger partial charge in [0.1, 0.15) is 11.6 Å². The van der Waals surface area contributed by atoms with Crippen LogP contribution in [0.25, 0.3) is 0 Å². The van der Waals surface area contributed by atoms with Gasteiger partial charge >= 0.3 is 5.97 Å². The molecule has 116 valence electrons. The molecule has 0 aromatic carbocycles. The molecule has 0 unspecified atom stereocenters. The second-order valence-corrected chi connectivity index (χ2v) is 6.93. The van der Waals surface area contributed by atoms with Crippen molar-refractivity contribution in [2.45, 2.75) is 70.7 Å². The van der Waals surface area contributed by atoms with Crippen molar-refractivity contribution in [2.24, 2.45) is 0 Å². The number of carbonyl (C=O) groups is 1. The molecule has 0 bridgehead atoms. The van der Waals surface area contributed by atoms with Gasteiger partial charge in [0.2, 0.25) is 0 Å². The van der Waals surface area contributed by atoms with Crippen LogP contribution in [0, 0.1) is 0 Å².